The van der Waals surface area contributed by atoms with Gasteiger partial charge in [0.25, 0.3) is 0 Å². The summed E-state index contributed by atoms with van der Waals surface area (Å²) >= 11 is 0. The Hall–Kier alpha value is -0.830. The molecule has 0 aromatic carbocycles. The number of aryl methyl sites for hydroxylation is 1. The molecule has 1 saturated carbocycles. The average molecular weight is 221 g/mol. The molecule has 0 amide bonds. The zero-order valence-electron chi connectivity index (χ0n) is 10.6. The summed E-state index contributed by atoms with van der Waals surface area (Å²) in [5.41, 5.74) is 0. The van der Waals surface area contributed by atoms with E-state index in [-0.39, 0.29) is 0 Å². The van der Waals surface area contributed by atoms with E-state index in [2.05, 4.69) is 35.9 Å². The second-order valence-corrected chi connectivity index (χ2v) is 5.23. The molecule has 3 heteroatoms. The zero-order valence-corrected chi connectivity index (χ0v) is 10.6. The molecule has 1 aromatic rings. The number of rotatable bonds is 4. The Morgan fingerprint density at radius 2 is 2.38 bits per heavy atom. The minimum Gasteiger partial charge on any atom is -0.338 e. The molecule has 1 aliphatic rings. The highest BCUT2D eigenvalue weighted by Gasteiger charge is 2.28. The third kappa shape index (κ3) is 2.46. The molecule has 0 spiro atoms. The molecule has 16 heavy (non-hydrogen) atoms. The van der Waals surface area contributed by atoms with Gasteiger partial charge in [0, 0.05) is 31.9 Å². The minimum absolute atomic E-state index is 0.589. The number of imidazole rings is 1. The van der Waals surface area contributed by atoms with Crippen LogP contribution < -0.4 is 5.32 Å². The van der Waals surface area contributed by atoms with Gasteiger partial charge in [0.2, 0.25) is 0 Å². The first kappa shape index (κ1) is 11.6. The van der Waals surface area contributed by atoms with E-state index in [0.29, 0.717) is 6.04 Å². The SMILES string of the molecule is CNC(Cc1nccn1C)C1CCC(C)C1. The van der Waals surface area contributed by atoms with Crippen molar-refractivity contribution in [2.24, 2.45) is 18.9 Å². The molecule has 1 fully saturated rings. The molecule has 0 aliphatic heterocycles. The Kier molecular flexibility index (Phi) is 3.64. The van der Waals surface area contributed by atoms with Crippen molar-refractivity contribution >= 4 is 0 Å². The van der Waals surface area contributed by atoms with E-state index in [1.807, 2.05) is 12.4 Å². The highest BCUT2D eigenvalue weighted by molar-refractivity contribution is 4.97. The van der Waals surface area contributed by atoms with Gasteiger partial charge in [0.1, 0.15) is 5.82 Å². The van der Waals surface area contributed by atoms with Gasteiger partial charge in [0.15, 0.2) is 0 Å². The van der Waals surface area contributed by atoms with Crippen molar-refractivity contribution in [2.45, 2.75) is 38.6 Å². The standard InChI is InChI=1S/C13H23N3/c1-10-4-5-11(8-10)12(14-2)9-13-15-6-7-16(13)3/h6-7,10-12,14H,4-5,8-9H2,1-3H3. The minimum atomic E-state index is 0.589. The van der Waals surface area contributed by atoms with Crippen LogP contribution in [-0.4, -0.2) is 22.6 Å². The summed E-state index contributed by atoms with van der Waals surface area (Å²) in [6.45, 7) is 2.37. The van der Waals surface area contributed by atoms with Crippen LogP contribution in [0.5, 0.6) is 0 Å². The lowest BCUT2D eigenvalue weighted by Gasteiger charge is -2.22. The van der Waals surface area contributed by atoms with Crippen LogP contribution in [0, 0.1) is 11.8 Å². The maximum atomic E-state index is 4.42. The Labute approximate surface area is 98.3 Å². The highest BCUT2D eigenvalue weighted by atomic mass is 15.0. The molecular weight excluding hydrogens is 198 g/mol. The van der Waals surface area contributed by atoms with Crippen molar-refractivity contribution in [3.8, 4) is 0 Å². The Morgan fingerprint density at radius 1 is 1.56 bits per heavy atom. The Bertz CT molecular complexity index is 332. The first-order valence-electron chi connectivity index (χ1n) is 6.34. The largest absolute Gasteiger partial charge is 0.338 e. The summed E-state index contributed by atoms with van der Waals surface area (Å²) in [6, 6.07) is 0.589. The van der Waals surface area contributed by atoms with Crippen molar-refractivity contribution in [2.75, 3.05) is 7.05 Å². The quantitative estimate of drug-likeness (QED) is 0.842. The lowest BCUT2D eigenvalue weighted by Crippen LogP contribution is -2.35. The van der Waals surface area contributed by atoms with Crippen LogP contribution in [0.1, 0.15) is 32.0 Å². The van der Waals surface area contributed by atoms with Crippen molar-refractivity contribution in [1.29, 1.82) is 0 Å². The van der Waals surface area contributed by atoms with Crippen LogP contribution in [0.4, 0.5) is 0 Å². The predicted molar refractivity (Wildman–Crippen MR) is 66.3 cm³/mol. The number of aromatic nitrogens is 2. The molecule has 3 atom stereocenters. The molecule has 1 N–H and O–H groups in total. The maximum absolute atomic E-state index is 4.42. The van der Waals surface area contributed by atoms with Crippen molar-refractivity contribution in [3.63, 3.8) is 0 Å². The summed E-state index contributed by atoms with van der Waals surface area (Å²) in [7, 11) is 4.16. The average Bonchev–Trinajstić information content (AvgIpc) is 2.85. The first-order valence-corrected chi connectivity index (χ1v) is 6.34. The lowest BCUT2D eigenvalue weighted by atomic mass is 9.94. The van der Waals surface area contributed by atoms with Crippen LogP contribution in [0.3, 0.4) is 0 Å². The smallest absolute Gasteiger partial charge is 0.109 e. The molecule has 0 radical (unpaired) electrons. The molecular formula is C13H23N3. The Morgan fingerprint density at radius 3 is 2.88 bits per heavy atom. The van der Waals surface area contributed by atoms with Crippen molar-refractivity contribution in [3.05, 3.63) is 18.2 Å². The molecule has 3 nitrogen and oxygen atoms in total. The Balaban J connectivity index is 1.98. The van der Waals surface area contributed by atoms with E-state index in [0.717, 1.165) is 18.3 Å². The van der Waals surface area contributed by atoms with Crippen LogP contribution in [0.15, 0.2) is 12.4 Å². The van der Waals surface area contributed by atoms with E-state index >= 15 is 0 Å². The van der Waals surface area contributed by atoms with Gasteiger partial charge in [-0.25, -0.2) is 4.98 Å². The van der Waals surface area contributed by atoms with Crippen molar-refractivity contribution in [1.82, 2.24) is 14.9 Å². The second kappa shape index (κ2) is 5.00. The van der Waals surface area contributed by atoms with E-state index in [4.69, 9.17) is 0 Å². The lowest BCUT2D eigenvalue weighted by molar-refractivity contribution is 0.360. The van der Waals surface area contributed by atoms with Gasteiger partial charge in [0.05, 0.1) is 0 Å². The van der Waals surface area contributed by atoms with Gasteiger partial charge in [-0.1, -0.05) is 13.3 Å². The van der Waals surface area contributed by atoms with Gasteiger partial charge >= 0.3 is 0 Å². The van der Waals surface area contributed by atoms with E-state index in [1.165, 1.54) is 25.1 Å². The summed E-state index contributed by atoms with van der Waals surface area (Å²) < 4.78 is 2.13. The fraction of sp³-hybridized carbons (Fsp3) is 0.769. The molecule has 1 aliphatic carbocycles. The van der Waals surface area contributed by atoms with Crippen LogP contribution in [0.25, 0.3) is 0 Å². The van der Waals surface area contributed by atoms with Crippen molar-refractivity contribution < 1.29 is 0 Å². The van der Waals surface area contributed by atoms with Gasteiger partial charge < -0.3 is 9.88 Å². The molecule has 3 unspecified atom stereocenters. The normalized spacial score (nSPS) is 27.2. The van der Waals surface area contributed by atoms with E-state index < -0.39 is 0 Å². The van der Waals surface area contributed by atoms with E-state index in [9.17, 15) is 0 Å². The van der Waals surface area contributed by atoms with E-state index in [1.54, 1.807) is 0 Å². The van der Waals surface area contributed by atoms with Gasteiger partial charge in [-0.05, 0) is 31.7 Å². The molecule has 1 heterocycles. The summed E-state index contributed by atoms with van der Waals surface area (Å²) in [5.74, 6) is 2.93. The monoisotopic (exact) mass is 221 g/mol. The summed E-state index contributed by atoms with van der Waals surface area (Å²) in [5, 5.41) is 3.48. The molecule has 1 aromatic heterocycles. The number of hydrogen-bond donors (Lipinski definition) is 1. The van der Waals surface area contributed by atoms with Gasteiger partial charge in [-0.15, -0.1) is 0 Å². The third-order valence-corrected chi connectivity index (χ3v) is 4.00. The predicted octanol–water partition coefficient (Wildman–Crippen LogP) is 1.99. The first-order chi connectivity index (χ1) is 7.70. The number of nitrogens with zero attached hydrogens (tertiary/aromatic N) is 2. The van der Waals surface area contributed by atoms with Crippen LogP contribution in [-0.2, 0) is 13.5 Å². The fourth-order valence-electron chi connectivity index (χ4n) is 2.91. The summed E-state index contributed by atoms with van der Waals surface area (Å²) in [4.78, 5) is 4.42. The van der Waals surface area contributed by atoms with Crippen LogP contribution >= 0.6 is 0 Å². The molecule has 90 valence electrons. The fourth-order valence-corrected chi connectivity index (χ4v) is 2.91. The maximum Gasteiger partial charge on any atom is 0.109 e. The topological polar surface area (TPSA) is 29.9 Å². The van der Waals surface area contributed by atoms with Gasteiger partial charge in [-0.2, -0.15) is 0 Å². The van der Waals surface area contributed by atoms with Gasteiger partial charge in [-0.3, -0.25) is 0 Å². The summed E-state index contributed by atoms with van der Waals surface area (Å²) in [6.07, 6.45) is 9.10. The number of hydrogen-bond acceptors (Lipinski definition) is 2. The second-order valence-electron chi connectivity index (χ2n) is 5.23. The highest BCUT2D eigenvalue weighted by Crippen LogP contribution is 2.33. The van der Waals surface area contributed by atoms with Crippen LogP contribution in [0.2, 0.25) is 0 Å². The number of nitrogens with one attached hydrogen (secondary N) is 1. The third-order valence-electron chi connectivity index (χ3n) is 4.00. The molecule has 0 saturated heterocycles. The zero-order chi connectivity index (χ0) is 11.5. The molecule has 2 rings (SSSR count). The molecule has 0 bridgehead atoms. The number of likely N-dealkylation sites (N-methyl/N-ethyl adjacent to an activating group) is 1.